The van der Waals surface area contributed by atoms with E-state index in [1.54, 1.807) is 6.92 Å². The number of ether oxygens (including phenoxy) is 2. The van der Waals surface area contributed by atoms with Gasteiger partial charge in [-0.2, -0.15) is 0 Å². The molecule has 2 aromatic rings. The van der Waals surface area contributed by atoms with E-state index in [0.29, 0.717) is 12.8 Å². The van der Waals surface area contributed by atoms with Crippen molar-refractivity contribution in [2.75, 3.05) is 13.2 Å². The maximum atomic E-state index is 12.6. The van der Waals surface area contributed by atoms with Crippen molar-refractivity contribution in [2.24, 2.45) is 0 Å². The standard InChI is InChI=1S/C24H26N2O6/c1-2-19(22(27)25-20-11-12-31-21(20)23(28)29)26-24(30)32-13-18-16-9-5-3-7-14(16)15-8-4-6-10-17(15)18/h3-10,18-21H,2,11-13H2,1H3,(H,25,27)(H,26,30)(H,28,29)/t19-,20+,21-/m1/s1. The smallest absolute Gasteiger partial charge is 0.407 e. The van der Waals surface area contributed by atoms with Crippen molar-refractivity contribution in [2.45, 2.75) is 43.9 Å². The molecule has 1 saturated heterocycles. The number of aliphatic carboxylic acids is 1. The second kappa shape index (κ2) is 9.40. The number of fused-ring (bicyclic) bond motifs is 3. The first-order valence-electron chi connectivity index (χ1n) is 10.8. The average molecular weight is 438 g/mol. The predicted octanol–water partition coefficient (Wildman–Crippen LogP) is 2.66. The molecule has 2 aromatic carbocycles. The van der Waals surface area contributed by atoms with Crippen LogP contribution in [0.15, 0.2) is 48.5 Å². The van der Waals surface area contributed by atoms with Gasteiger partial charge in [0, 0.05) is 12.5 Å². The summed E-state index contributed by atoms with van der Waals surface area (Å²) >= 11 is 0. The van der Waals surface area contributed by atoms with Gasteiger partial charge in [-0.05, 0) is 35.1 Å². The molecular formula is C24H26N2O6. The lowest BCUT2D eigenvalue weighted by Crippen LogP contribution is -2.52. The molecule has 32 heavy (non-hydrogen) atoms. The van der Waals surface area contributed by atoms with Crippen LogP contribution in [-0.2, 0) is 19.1 Å². The summed E-state index contributed by atoms with van der Waals surface area (Å²) in [7, 11) is 0. The fourth-order valence-electron chi connectivity index (χ4n) is 4.40. The zero-order valence-electron chi connectivity index (χ0n) is 17.7. The molecule has 0 unspecified atom stereocenters. The summed E-state index contributed by atoms with van der Waals surface area (Å²) in [5.41, 5.74) is 4.48. The second-order valence-corrected chi connectivity index (χ2v) is 7.96. The number of nitrogens with one attached hydrogen (secondary N) is 2. The molecule has 8 nitrogen and oxygen atoms in total. The Balaban J connectivity index is 1.36. The summed E-state index contributed by atoms with van der Waals surface area (Å²) in [6, 6.07) is 14.6. The van der Waals surface area contributed by atoms with Crippen LogP contribution >= 0.6 is 0 Å². The van der Waals surface area contributed by atoms with E-state index in [0.717, 1.165) is 22.3 Å². The van der Waals surface area contributed by atoms with E-state index in [4.69, 9.17) is 9.47 Å². The number of rotatable bonds is 7. The SMILES string of the molecule is CC[C@@H](NC(=O)OCC1c2ccccc2-c2ccccc21)C(=O)N[C@H]1CCO[C@H]1C(=O)O. The van der Waals surface area contributed by atoms with Gasteiger partial charge < -0.3 is 25.2 Å². The Hall–Kier alpha value is -3.39. The third-order valence-corrected chi connectivity index (χ3v) is 6.02. The molecule has 0 bridgehead atoms. The summed E-state index contributed by atoms with van der Waals surface area (Å²) in [5.74, 6) is -1.65. The van der Waals surface area contributed by atoms with Gasteiger partial charge in [0.1, 0.15) is 12.6 Å². The summed E-state index contributed by atoms with van der Waals surface area (Å²) < 4.78 is 10.7. The maximum absolute atomic E-state index is 12.6. The van der Waals surface area contributed by atoms with Gasteiger partial charge in [-0.15, -0.1) is 0 Å². The molecule has 0 spiro atoms. The second-order valence-electron chi connectivity index (χ2n) is 7.96. The molecule has 1 fully saturated rings. The number of benzene rings is 2. The van der Waals surface area contributed by atoms with Crippen LogP contribution in [-0.4, -0.2) is 54.5 Å². The number of hydrogen-bond donors (Lipinski definition) is 3. The normalized spacial score (nSPS) is 20.2. The molecule has 2 amide bonds. The highest BCUT2D eigenvalue weighted by molar-refractivity contribution is 5.86. The van der Waals surface area contributed by atoms with Crippen LogP contribution < -0.4 is 10.6 Å². The fourth-order valence-corrected chi connectivity index (χ4v) is 4.40. The molecule has 2 aliphatic rings. The summed E-state index contributed by atoms with van der Waals surface area (Å²) in [5, 5.41) is 14.5. The van der Waals surface area contributed by atoms with Gasteiger partial charge in [0.05, 0.1) is 6.04 Å². The molecule has 1 aliphatic carbocycles. The number of carbonyl (C=O) groups is 3. The lowest BCUT2D eigenvalue weighted by molar-refractivity contribution is -0.148. The van der Waals surface area contributed by atoms with Gasteiger partial charge in [-0.3, -0.25) is 4.79 Å². The van der Waals surface area contributed by atoms with E-state index < -0.39 is 36.2 Å². The maximum Gasteiger partial charge on any atom is 0.407 e. The van der Waals surface area contributed by atoms with Gasteiger partial charge >= 0.3 is 12.1 Å². The van der Waals surface area contributed by atoms with E-state index in [9.17, 15) is 19.5 Å². The van der Waals surface area contributed by atoms with Gasteiger partial charge in [0.25, 0.3) is 0 Å². The Labute approximate surface area is 185 Å². The highest BCUT2D eigenvalue weighted by Gasteiger charge is 2.36. The number of hydrogen-bond acceptors (Lipinski definition) is 5. The molecule has 1 aliphatic heterocycles. The van der Waals surface area contributed by atoms with E-state index in [1.807, 2.05) is 36.4 Å². The molecule has 168 valence electrons. The Bertz CT molecular complexity index is 978. The first kappa shape index (κ1) is 21.8. The van der Waals surface area contributed by atoms with Crippen molar-refractivity contribution in [3.63, 3.8) is 0 Å². The van der Waals surface area contributed by atoms with Crippen LogP contribution in [0.3, 0.4) is 0 Å². The number of amides is 2. The van der Waals surface area contributed by atoms with Crippen LogP contribution in [0.25, 0.3) is 11.1 Å². The van der Waals surface area contributed by atoms with Crippen LogP contribution in [0.4, 0.5) is 4.79 Å². The minimum absolute atomic E-state index is 0.0750. The van der Waals surface area contributed by atoms with E-state index in [2.05, 4.69) is 22.8 Å². The highest BCUT2D eigenvalue weighted by atomic mass is 16.5. The summed E-state index contributed by atoms with van der Waals surface area (Å²) in [4.78, 5) is 36.3. The number of carbonyl (C=O) groups excluding carboxylic acids is 2. The largest absolute Gasteiger partial charge is 0.479 e. The topological polar surface area (TPSA) is 114 Å². The molecule has 0 radical (unpaired) electrons. The molecule has 4 rings (SSSR count). The Morgan fingerprint density at radius 1 is 1.09 bits per heavy atom. The van der Waals surface area contributed by atoms with Crippen molar-refractivity contribution in [1.29, 1.82) is 0 Å². The monoisotopic (exact) mass is 438 g/mol. The first-order valence-corrected chi connectivity index (χ1v) is 10.8. The average Bonchev–Trinajstić information content (AvgIpc) is 3.38. The third-order valence-electron chi connectivity index (χ3n) is 6.02. The van der Waals surface area contributed by atoms with E-state index in [1.165, 1.54) is 0 Å². The van der Waals surface area contributed by atoms with Crippen LogP contribution in [0.1, 0.15) is 36.8 Å². The zero-order valence-corrected chi connectivity index (χ0v) is 17.7. The van der Waals surface area contributed by atoms with Crippen molar-refractivity contribution in [3.8, 4) is 11.1 Å². The van der Waals surface area contributed by atoms with E-state index >= 15 is 0 Å². The minimum atomic E-state index is -1.12. The lowest BCUT2D eigenvalue weighted by atomic mass is 9.98. The molecule has 3 atom stereocenters. The Morgan fingerprint density at radius 3 is 2.31 bits per heavy atom. The Morgan fingerprint density at radius 2 is 1.72 bits per heavy atom. The minimum Gasteiger partial charge on any atom is -0.479 e. The zero-order chi connectivity index (χ0) is 22.7. The summed E-state index contributed by atoms with van der Waals surface area (Å²) in [6.07, 6.45) is -1.02. The Kier molecular flexibility index (Phi) is 6.41. The highest BCUT2D eigenvalue weighted by Crippen LogP contribution is 2.44. The van der Waals surface area contributed by atoms with Crippen LogP contribution in [0, 0.1) is 0 Å². The van der Waals surface area contributed by atoms with E-state index in [-0.39, 0.29) is 19.1 Å². The molecule has 0 aromatic heterocycles. The lowest BCUT2D eigenvalue weighted by Gasteiger charge is -2.22. The summed E-state index contributed by atoms with van der Waals surface area (Å²) in [6.45, 7) is 2.17. The molecule has 1 heterocycles. The molecule has 3 N–H and O–H groups in total. The van der Waals surface area contributed by atoms with Gasteiger partial charge in [-0.1, -0.05) is 55.5 Å². The number of carboxylic acids is 1. The van der Waals surface area contributed by atoms with Gasteiger partial charge in [0.15, 0.2) is 6.10 Å². The fraction of sp³-hybridized carbons (Fsp3) is 0.375. The number of carboxylic acid groups (broad SMARTS) is 1. The van der Waals surface area contributed by atoms with Crippen molar-refractivity contribution in [1.82, 2.24) is 10.6 Å². The van der Waals surface area contributed by atoms with Crippen LogP contribution in [0.5, 0.6) is 0 Å². The van der Waals surface area contributed by atoms with Crippen LogP contribution in [0.2, 0.25) is 0 Å². The molecule has 8 heteroatoms. The van der Waals surface area contributed by atoms with Gasteiger partial charge in [0.2, 0.25) is 5.91 Å². The third kappa shape index (κ3) is 4.31. The van der Waals surface area contributed by atoms with Crippen molar-refractivity contribution < 1.29 is 29.0 Å². The number of alkyl carbamates (subject to hydrolysis) is 1. The van der Waals surface area contributed by atoms with Crippen molar-refractivity contribution >= 4 is 18.0 Å². The predicted molar refractivity (Wildman–Crippen MR) is 116 cm³/mol. The first-order chi connectivity index (χ1) is 15.5. The van der Waals surface area contributed by atoms with Gasteiger partial charge in [-0.25, -0.2) is 9.59 Å². The quantitative estimate of drug-likeness (QED) is 0.612. The molecule has 0 saturated carbocycles. The molecular weight excluding hydrogens is 412 g/mol. The van der Waals surface area contributed by atoms with Crippen molar-refractivity contribution in [3.05, 3.63) is 59.7 Å².